The summed E-state index contributed by atoms with van der Waals surface area (Å²) in [7, 11) is 1.34. The van der Waals surface area contributed by atoms with Crippen molar-refractivity contribution < 1.29 is 23.8 Å². The summed E-state index contributed by atoms with van der Waals surface area (Å²) in [6, 6.07) is 0.859. The molecule has 2 rings (SSSR count). The smallest absolute Gasteiger partial charge is 0.404 e. The second kappa shape index (κ2) is 8.62. The fourth-order valence-electron chi connectivity index (χ4n) is 3.87. The summed E-state index contributed by atoms with van der Waals surface area (Å²) in [5.74, 6) is -1.28. The Labute approximate surface area is 164 Å². The molecule has 0 saturated heterocycles. The van der Waals surface area contributed by atoms with Crippen LogP contribution in [0.3, 0.4) is 0 Å². The highest BCUT2D eigenvalue weighted by Crippen LogP contribution is 2.36. The number of carboxylic acid groups (broad SMARTS) is 1. The maximum atomic E-state index is 14.3. The highest BCUT2D eigenvalue weighted by Gasteiger charge is 2.36. The number of nitrogens with zero attached hydrogens (tertiary/aromatic N) is 1. The Hall–Kier alpha value is -2.58. The van der Waals surface area contributed by atoms with Crippen molar-refractivity contribution in [2.75, 3.05) is 12.4 Å². The zero-order valence-corrected chi connectivity index (χ0v) is 16.7. The second-order valence-electron chi connectivity index (χ2n) is 8.29. The minimum atomic E-state index is -1.02. The Morgan fingerprint density at radius 2 is 1.93 bits per heavy atom. The molecule has 8 nitrogen and oxygen atoms in total. The van der Waals surface area contributed by atoms with Gasteiger partial charge in [0.15, 0.2) is 11.6 Å². The molecular weight excluding hydrogens is 367 g/mol. The van der Waals surface area contributed by atoms with Crippen molar-refractivity contribution in [2.24, 2.45) is 17.1 Å². The van der Waals surface area contributed by atoms with Crippen LogP contribution >= 0.6 is 0 Å². The molecule has 1 unspecified atom stereocenters. The van der Waals surface area contributed by atoms with Gasteiger partial charge >= 0.3 is 6.09 Å². The fourth-order valence-corrected chi connectivity index (χ4v) is 3.87. The van der Waals surface area contributed by atoms with Gasteiger partial charge in [0, 0.05) is 12.1 Å². The van der Waals surface area contributed by atoms with Gasteiger partial charge in [0.05, 0.1) is 7.11 Å². The normalized spacial score (nSPS) is 20.9. The first-order chi connectivity index (χ1) is 13.0. The average Bonchev–Trinajstić information content (AvgIpc) is 2.60. The standard InChI is InChI=1S/C19H29FN4O4/c1-19(2,3)14(23-18(26)27)10-5-7-11(8-6-10)22-16-13(20)9-12(15(21)25)17(24-16)28-4/h9-11,14,23H,5-8H2,1-4H3,(H2,21,25)(H,22,24)(H,26,27). The number of carbonyl (C=O) groups is 2. The molecule has 0 radical (unpaired) electrons. The molecule has 1 aliphatic carbocycles. The maximum Gasteiger partial charge on any atom is 0.404 e. The Morgan fingerprint density at radius 1 is 1.32 bits per heavy atom. The largest absolute Gasteiger partial charge is 0.480 e. The van der Waals surface area contributed by atoms with Crippen molar-refractivity contribution in [2.45, 2.75) is 58.5 Å². The van der Waals surface area contributed by atoms with Crippen LogP contribution in [0.5, 0.6) is 5.88 Å². The first-order valence-corrected chi connectivity index (χ1v) is 9.33. The first-order valence-electron chi connectivity index (χ1n) is 9.33. The molecule has 2 amide bonds. The van der Waals surface area contributed by atoms with E-state index < -0.39 is 17.8 Å². The Bertz CT molecular complexity index is 727. The minimum absolute atomic E-state index is 0.00664. The summed E-state index contributed by atoms with van der Waals surface area (Å²) in [4.78, 5) is 26.6. The van der Waals surface area contributed by atoms with Crippen LogP contribution in [-0.2, 0) is 0 Å². The van der Waals surface area contributed by atoms with E-state index >= 15 is 0 Å². The molecule has 28 heavy (non-hydrogen) atoms. The van der Waals surface area contributed by atoms with Crippen molar-refractivity contribution in [3.8, 4) is 5.88 Å². The number of amides is 2. The van der Waals surface area contributed by atoms with E-state index in [9.17, 15) is 14.0 Å². The quantitative estimate of drug-likeness (QED) is 0.585. The highest BCUT2D eigenvalue weighted by atomic mass is 19.1. The molecule has 1 aromatic rings. The van der Waals surface area contributed by atoms with Gasteiger partial charge in [-0.3, -0.25) is 4.79 Å². The number of nitrogens with one attached hydrogen (secondary N) is 2. The number of primary amides is 1. The molecule has 5 N–H and O–H groups in total. The summed E-state index contributed by atoms with van der Waals surface area (Å²) < 4.78 is 19.4. The van der Waals surface area contributed by atoms with E-state index in [1.54, 1.807) is 0 Å². The van der Waals surface area contributed by atoms with Crippen molar-refractivity contribution in [1.82, 2.24) is 10.3 Å². The van der Waals surface area contributed by atoms with Gasteiger partial charge in [-0.05, 0) is 43.1 Å². The molecule has 1 heterocycles. The predicted molar refractivity (Wildman–Crippen MR) is 103 cm³/mol. The van der Waals surface area contributed by atoms with Crippen molar-refractivity contribution in [3.63, 3.8) is 0 Å². The first kappa shape index (κ1) is 21.7. The van der Waals surface area contributed by atoms with E-state index in [1.165, 1.54) is 7.11 Å². The van der Waals surface area contributed by atoms with Gasteiger partial charge in [-0.25, -0.2) is 9.18 Å². The fraction of sp³-hybridized carbons (Fsp3) is 0.632. The Morgan fingerprint density at radius 3 is 2.39 bits per heavy atom. The van der Waals surface area contributed by atoms with Crippen LogP contribution in [0.25, 0.3) is 0 Å². The maximum absolute atomic E-state index is 14.3. The van der Waals surface area contributed by atoms with Gasteiger partial charge in [-0.1, -0.05) is 20.8 Å². The third kappa shape index (κ3) is 5.24. The van der Waals surface area contributed by atoms with Crippen LogP contribution in [0.15, 0.2) is 6.07 Å². The molecule has 1 saturated carbocycles. The summed E-state index contributed by atoms with van der Waals surface area (Å²) in [5.41, 5.74) is 4.90. The van der Waals surface area contributed by atoms with Crippen LogP contribution in [0.2, 0.25) is 0 Å². The third-order valence-electron chi connectivity index (χ3n) is 5.20. The van der Waals surface area contributed by atoms with Gasteiger partial charge in [0.25, 0.3) is 5.91 Å². The van der Waals surface area contributed by atoms with E-state index in [4.69, 9.17) is 15.6 Å². The second-order valence-corrected chi connectivity index (χ2v) is 8.29. The topological polar surface area (TPSA) is 127 Å². The van der Waals surface area contributed by atoms with Crippen molar-refractivity contribution in [3.05, 3.63) is 17.4 Å². The lowest BCUT2D eigenvalue weighted by Gasteiger charge is -2.40. The number of anilines is 1. The zero-order valence-electron chi connectivity index (χ0n) is 16.7. The molecule has 1 fully saturated rings. The van der Waals surface area contributed by atoms with E-state index in [0.717, 1.165) is 31.7 Å². The van der Waals surface area contributed by atoms with Gasteiger partial charge in [-0.15, -0.1) is 0 Å². The average molecular weight is 396 g/mol. The van der Waals surface area contributed by atoms with Gasteiger partial charge in [0.2, 0.25) is 5.88 Å². The zero-order chi connectivity index (χ0) is 21.1. The van der Waals surface area contributed by atoms with Crippen LogP contribution in [0.1, 0.15) is 56.8 Å². The van der Waals surface area contributed by atoms with Crippen LogP contribution in [0.4, 0.5) is 15.0 Å². The number of hydrogen-bond donors (Lipinski definition) is 4. The molecule has 9 heteroatoms. The number of ether oxygens (including phenoxy) is 1. The number of aromatic nitrogens is 1. The van der Waals surface area contributed by atoms with Crippen LogP contribution in [0, 0.1) is 17.2 Å². The monoisotopic (exact) mass is 396 g/mol. The summed E-state index contributed by atoms with van der Waals surface area (Å²) in [5, 5.41) is 14.9. The van der Waals surface area contributed by atoms with Crippen LogP contribution in [-0.4, -0.2) is 41.3 Å². The molecule has 1 aromatic heterocycles. The van der Waals surface area contributed by atoms with E-state index in [2.05, 4.69) is 15.6 Å². The SMILES string of the molecule is COc1nc(NC2CCC(C(NC(=O)O)C(C)(C)C)CC2)c(F)cc1C(N)=O. The van der Waals surface area contributed by atoms with Crippen molar-refractivity contribution in [1.29, 1.82) is 0 Å². The van der Waals surface area contributed by atoms with Gasteiger partial charge in [-0.2, -0.15) is 4.98 Å². The number of pyridine rings is 1. The molecule has 1 aliphatic rings. The van der Waals surface area contributed by atoms with E-state index in [0.29, 0.717) is 0 Å². The number of rotatable bonds is 6. The number of nitrogens with two attached hydrogens (primary N) is 1. The van der Waals surface area contributed by atoms with Gasteiger partial charge in [0.1, 0.15) is 5.56 Å². The molecule has 0 bridgehead atoms. The van der Waals surface area contributed by atoms with Crippen molar-refractivity contribution >= 4 is 17.8 Å². The van der Waals surface area contributed by atoms with E-state index in [-0.39, 0.29) is 40.7 Å². The molecule has 0 aromatic carbocycles. The van der Waals surface area contributed by atoms with E-state index in [1.807, 2.05) is 20.8 Å². The molecule has 1 atom stereocenters. The van der Waals surface area contributed by atoms with Crippen LogP contribution < -0.4 is 21.1 Å². The lowest BCUT2D eigenvalue weighted by molar-refractivity contribution is 0.0996. The number of halogens is 1. The Balaban J connectivity index is 2.06. The summed E-state index contributed by atoms with van der Waals surface area (Å²) in [6.45, 7) is 6.05. The summed E-state index contributed by atoms with van der Waals surface area (Å²) >= 11 is 0. The molecule has 0 aliphatic heterocycles. The predicted octanol–water partition coefficient (Wildman–Crippen LogP) is 2.98. The lowest BCUT2D eigenvalue weighted by atomic mass is 9.72. The van der Waals surface area contributed by atoms with Gasteiger partial charge < -0.3 is 26.2 Å². The minimum Gasteiger partial charge on any atom is -0.480 e. The molecular formula is C19H29FN4O4. The number of carbonyl (C=O) groups excluding carboxylic acids is 1. The Kier molecular flexibility index (Phi) is 6.69. The third-order valence-corrected chi connectivity index (χ3v) is 5.20. The molecule has 0 spiro atoms. The number of methoxy groups -OCH3 is 1. The lowest BCUT2D eigenvalue weighted by Crippen LogP contribution is -2.49. The number of hydrogen-bond acceptors (Lipinski definition) is 5. The highest BCUT2D eigenvalue weighted by molar-refractivity contribution is 5.95. The molecule has 156 valence electrons. The summed E-state index contributed by atoms with van der Waals surface area (Å²) in [6.07, 6.45) is 2.09.